The first-order valence-electron chi connectivity index (χ1n) is 11.1. The lowest BCUT2D eigenvalue weighted by molar-refractivity contribution is -0.114. The van der Waals surface area contributed by atoms with Crippen molar-refractivity contribution in [2.75, 3.05) is 4.90 Å². The number of ether oxygens (including phenoxy) is 1. The van der Waals surface area contributed by atoms with Crippen molar-refractivity contribution in [3.8, 4) is 5.75 Å². The zero-order valence-electron chi connectivity index (χ0n) is 19.6. The predicted octanol–water partition coefficient (Wildman–Crippen LogP) is 5.03. The number of carbonyl (C=O) groups excluding carboxylic acids is 2. The molecule has 1 amide bonds. The fourth-order valence-corrected chi connectivity index (χ4v) is 3.83. The van der Waals surface area contributed by atoms with Crippen LogP contribution in [0.15, 0.2) is 84.9 Å². The highest BCUT2D eigenvalue weighted by atomic mass is 16.5. The average molecular weight is 454 g/mol. The summed E-state index contributed by atoms with van der Waals surface area (Å²) in [5, 5.41) is 4.29. The van der Waals surface area contributed by atoms with Crippen LogP contribution in [0.25, 0.3) is 0 Å². The number of benzene rings is 3. The topological polar surface area (TPSA) is 64.4 Å². The summed E-state index contributed by atoms with van der Waals surface area (Å²) in [6.07, 6.45) is 0. The molecule has 3 aromatic carbocycles. The third-order valence-corrected chi connectivity index (χ3v) is 5.76. The van der Waals surface area contributed by atoms with Gasteiger partial charge in [-0.25, -0.2) is 0 Å². The number of carbonyl (C=O) groups is 2. The molecule has 0 radical (unpaired) electrons. The summed E-state index contributed by atoms with van der Waals surface area (Å²) in [5.41, 5.74) is 4.21. The largest absolute Gasteiger partial charge is 0.489 e. The van der Waals surface area contributed by atoms with Crippen LogP contribution in [0.2, 0.25) is 0 Å². The van der Waals surface area contributed by atoms with Crippen molar-refractivity contribution in [2.24, 2.45) is 7.05 Å². The van der Waals surface area contributed by atoms with Crippen LogP contribution in [0.1, 0.15) is 32.9 Å². The van der Waals surface area contributed by atoms with E-state index in [-0.39, 0.29) is 6.54 Å². The van der Waals surface area contributed by atoms with E-state index in [0.29, 0.717) is 29.2 Å². The van der Waals surface area contributed by atoms with Crippen molar-refractivity contribution in [1.82, 2.24) is 9.78 Å². The van der Waals surface area contributed by atoms with E-state index in [1.54, 1.807) is 25.6 Å². The molecule has 0 spiro atoms. The van der Waals surface area contributed by atoms with Gasteiger partial charge in [0.2, 0.25) is 0 Å². The van der Waals surface area contributed by atoms with E-state index in [4.69, 9.17) is 4.74 Å². The standard InChI is InChI=1S/C28H27N3O3/c1-20-26(21(2)30(3)29-20)27(32)28(33)31(24-12-8-5-9-13-24)18-22-14-16-25(17-15-22)34-19-23-10-6-4-7-11-23/h4-17H,18-19H2,1-3H3. The maximum atomic E-state index is 13.4. The zero-order chi connectivity index (χ0) is 24.1. The van der Waals surface area contributed by atoms with Crippen LogP contribution in [0.4, 0.5) is 5.69 Å². The Hall–Kier alpha value is -4.19. The van der Waals surface area contributed by atoms with Gasteiger partial charge in [-0.05, 0) is 49.2 Å². The second-order valence-electron chi connectivity index (χ2n) is 8.14. The van der Waals surface area contributed by atoms with Crippen LogP contribution in [-0.4, -0.2) is 21.5 Å². The molecule has 172 valence electrons. The fourth-order valence-electron chi connectivity index (χ4n) is 3.83. The van der Waals surface area contributed by atoms with Crippen LogP contribution >= 0.6 is 0 Å². The Morgan fingerprint density at radius 1 is 0.853 bits per heavy atom. The van der Waals surface area contributed by atoms with Gasteiger partial charge in [0.25, 0.3) is 11.7 Å². The van der Waals surface area contributed by atoms with Gasteiger partial charge in [-0.3, -0.25) is 14.3 Å². The number of aromatic nitrogens is 2. The highest BCUT2D eigenvalue weighted by Crippen LogP contribution is 2.22. The van der Waals surface area contributed by atoms with Gasteiger partial charge in [0.15, 0.2) is 0 Å². The van der Waals surface area contributed by atoms with E-state index in [9.17, 15) is 9.59 Å². The number of hydrogen-bond donors (Lipinski definition) is 0. The third-order valence-electron chi connectivity index (χ3n) is 5.76. The summed E-state index contributed by atoms with van der Waals surface area (Å²) in [6.45, 7) is 4.27. The van der Waals surface area contributed by atoms with Crippen LogP contribution in [0.3, 0.4) is 0 Å². The highest BCUT2D eigenvalue weighted by Gasteiger charge is 2.29. The van der Waals surface area contributed by atoms with Crippen molar-refractivity contribution in [1.29, 1.82) is 0 Å². The molecule has 0 saturated carbocycles. The average Bonchev–Trinajstić information content (AvgIpc) is 3.13. The van der Waals surface area contributed by atoms with Gasteiger partial charge in [-0.1, -0.05) is 60.7 Å². The number of Topliss-reactive ketones (excluding diaryl/α,β-unsaturated/α-hetero) is 1. The van der Waals surface area contributed by atoms with E-state index in [1.165, 1.54) is 4.90 Å². The normalized spacial score (nSPS) is 10.7. The molecule has 1 heterocycles. The molecule has 0 fully saturated rings. The quantitative estimate of drug-likeness (QED) is 0.277. The monoisotopic (exact) mass is 453 g/mol. The van der Waals surface area contributed by atoms with E-state index in [0.717, 1.165) is 16.9 Å². The molecule has 0 atom stereocenters. The van der Waals surface area contributed by atoms with Gasteiger partial charge in [-0.2, -0.15) is 5.10 Å². The first kappa shape index (κ1) is 23.0. The van der Waals surface area contributed by atoms with E-state index in [2.05, 4.69) is 5.10 Å². The molecule has 0 aliphatic carbocycles. The summed E-state index contributed by atoms with van der Waals surface area (Å²) in [6, 6.07) is 26.8. The van der Waals surface area contributed by atoms with Gasteiger partial charge in [0.1, 0.15) is 12.4 Å². The Labute approximate surface area is 199 Å². The Morgan fingerprint density at radius 3 is 2.06 bits per heavy atom. The Balaban J connectivity index is 1.54. The molecule has 0 unspecified atom stereocenters. The molecule has 0 bridgehead atoms. The molecule has 0 saturated heterocycles. The summed E-state index contributed by atoms with van der Waals surface area (Å²) in [4.78, 5) is 28.1. The molecule has 4 rings (SSSR count). The van der Waals surface area contributed by atoms with E-state index in [1.807, 2.05) is 84.9 Å². The Morgan fingerprint density at radius 2 is 1.47 bits per heavy atom. The summed E-state index contributed by atoms with van der Waals surface area (Å²) in [5.74, 6) is -0.410. The SMILES string of the molecule is Cc1nn(C)c(C)c1C(=O)C(=O)N(Cc1ccc(OCc2ccccc2)cc1)c1ccccc1. The lowest BCUT2D eigenvalue weighted by atomic mass is 10.1. The molecule has 0 N–H and O–H groups in total. The highest BCUT2D eigenvalue weighted by molar-refractivity contribution is 6.47. The van der Waals surface area contributed by atoms with Crippen molar-refractivity contribution in [3.63, 3.8) is 0 Å². The number of ketones is 1. The number of nitrogens with zero attached hydrogens (tertiary/aromatic N) is 3. The smallest absolute Gasteiger partial charge is 0.299 e. The minimum Gasteiger partial charge on any atom is -0.489 e. The number of aryl methyl sites for hydroxylation is 2. The molecule has 6 heteroatoms. The first-order valence-corrected chi connectivity index (χ1v) is 11.1. The Kier molecular flexibility index (Phi) is 6.87. The zero-order valence-corrected chi connectivity index (χ0v) is 19.6. The van der Waals surface area contributed by atoms with Gasteiger partial charge < -0.3 is 9.64 Å². The summed E-state index contributed by atoms with van der Waals surface area (Å²) < 4.78 is 7.49. The Bertz CT molecular complexity index is 1280. The van der Waals surface area contributed by atoms with Gasteiger partial charge >= 0.3 is 0 Å². The first-order chi connectivity index (χ1) is 16.4. The molecule has 0 aliphatic rings. The second kappa shape index (κ2) is 10.2. The number of amides is 1. The van der Waals surface area contributed by atoms with Crippen molar-refractivity contribution >= 4 is 17.4 Å². The molecule has 0 aliphatic heterocycles. The molecule has 6 nitrogen and oxygen atoms in total. The lowest BCUT2D eigenvalue weighted by Crippen LogP contribution is -2.36. The number of hydrogen-bond acceptors (Lipinski definition) is 4. The van der Waals surface area contributed by atoms with E-state index >= 15 is 0 Å². The van der Waals surface area contributed by atoms with Gasteiger partial charge in [-0.15, -0.1) is 0 Å². The van der Waals surface area contributed by atoms with Crippen molar-refractivity contribution in [3.05, 3.63) is 113 Å². The van der Waals surface area contributed by atoms with E-state index < -0.39 is 11.7 Å². The van der Waals surface area contributed by atoms with Crippen LogP contribution < -0.4 is 9.64 Å². The summed E-state index contributed by atoms with van der Waals surface area (Å²) >= 11 is 0. The maximum Gasteiger partial charge on any atom is 0.299 e. The lowest BCUT2D eigenvalue weighted by Gasteiger charge is -2.22. The minimum absolute atomic E-state index is 0.256. The summed E-state index contributed by atoms with van der Waals surface area (Å²) in [7, 11) is 1.76. The third kappa shape index (κ3) is 5.07. The molecule has 4 aromatic rings. The second-order valence-corrected chi connectivity index (χ2v) is 8.14. The molecular formula is C28H27N3O3. The molecular weight excluding hydrogens is 426 g/mol. The molecule has 34 heavy (non-hydrogen) atoms. The van der Waals surface area contributed by atoms with Crippen LogP contribution in [0, 0.1) is 13.8 Å². The predicted molar refractivity (Wildman–Crippen MR) is 132 cm³/mol. The van der Waals surface area contributed by atoms with Crippen molar-refractivity contribution in [2.45, 2.75) is 27.0 Å². The number of anilines is 1. The van der Waals surface area contributed by atoms with Crippen LogP contribution in [-0.2, 0) is 25.0 Å². The van der Waals surface area contributed by atoms with Crippen molar-refractivity contribution < 1.29 is 14.3 Å². The fraction of sp³-hybridized carbons (Fsp3) is 0.179. The van der Waals surface area contributed by atoms with Gasteiger partial charge in [0.05, 0.1) is 17.8 Å². The number of para-hydroxylation sites is 1. The van der Waals surface area contributed by atoms with Gasteiger partial charge in [0, 0.05) is 18.4 Å². The molecule has 1 aromatic heterocycles. The van der Waals surface area contributed by atoms with Crippen LogP contribution in [0.5, 0.6) is 5.75 Å². The number of rotatable bonds is 8. The maximum absolute atomic E-state index is 13.4. The minimum atomic E-state index is -0.588.